The number of rotatable bonds is 3. The number of phenols is 1. The number of amides is 1. The molecule has 1 aromatic rings. The van der Waals surface area contributed by atoms with Gasteiger partial charge in [-0.3, -0.25) is 4.79 Å². The molecule has 0 bridgehead atoms. The molecule has 1 aromatic carbocycles. The number of para-hydroxylation sites is 1. The maximum Gasteiger partial charge on any atom is 0.328 e. The average Bonchev–Trinajstić information content (AvgIpc) is 2.90. The van der Waals surface area contributed by atoms with E-state index < -0.39 is 12.0 Å². The summed E-state index contributed by atoms with van der Waals surface area (Å²) in [5.41, 5.74) is 6.05. The van der Waals surface area contributed by atoms with E-state index in [1.54, 1.807) is 24.3 Å². The summed E-state index contributed by atoms with van der Waals surface area (Å²) in [5, 5.41) is 9.94. The highest BCUT2D eigenvalue weighted by Gasteiger charge is 2.42. The summed E-state index contributed by atoms with van der Waals surface area (Å²) < 4.78 is 4.74. The van der Waals surface area contributed by atoms with Crippen LogP contribution in [0.3, 0.4) is 0 Å². The summed E-state index contributed by atoms with van der Waals surface area (Å²) in [6.07, 6.45) is 1.08. The van der Waals surface area contributed by atoms with Gasteiger partial charge in [-0.15, -0.1) is 0 Å². The van der Waals surface area contributed by atoms with Gasteiger partial charge in [-0.2, -0.15) is 0 Å². The van der Waals surface area contributed by atoms with Gasteiger partial charge in [-0.05, 0) is 18.9 Å². The lowest BCUT2D eigenvalue weighted by Crippen LogP contribution is -2.45. The van der Waals surface area contributed by atoms with Crippen molar-refractivity contribution in [3.8, 4) is 5.75 Å². The monoisotopic (exact) mass is 278 g/mol. The molecule has 2 atom stereocenters. The van der Waals surface area contributed by atoms with E-state index in [-0.39, 0.29) is 24.2 Å². The van der Waals surface area contributed by atoms with Crippen molar-refractivity contribution in [2.24, 2.45) is 5.73 Å². The van der Waals surface area contributed by atoms with Crippen LogP contribution in [0.5, 0.6) is 5.75 Å². The van der Waals surface area contributed by atoms with Crippen molar-refractivity contribution in [1.82, 2.24) is 4.90 Å². The first-order valence-electron chi connectivity index (χ1n) is 6.47. The van der Waals surface area contributed by atoms with Crippen LogP contribution in [0.25, 0.3) is 0 Å². The largest absolute Gasteiger partial charge is 0.508 e. The van der Waals surface area contributed by atoms with Crippen LogP contribution < -0.4 is 5.73 Å². The number of aromatic hydroxyl groups is 1. The Bertz CT molecular complexity index is 518. The summed E-state index contributed by atoms with van der Waals surface area (Å²) in [4.78, 5) is 25.3. The molecule has 20 heavy (non-hydrogen) atoms. The normalized spacial score (nSPS) is 21.8. The van der Waals surface area contributed by atoms with Gasteiger partial charge in [0.2, 0.25) is 5.91 Å². The van der Waals surface area contributed by atoms with Gasteiger partial charge >= 0.3 is 5.97 Å². The maximum absolute atomic E-state index is 12.1. The van der Waals surface area contributed by atoms with E-state index in [4.69, 9.17) is 10.5 Å². The molecule has 0 aliphatic carbocycles. The fourth-order valence-electron chi connectivity index (χ4n) is 2.71. The van der Waals surface area contributed by atoms with Gasteiger partial charge in [0, 0.05) is 5.56 Å². The van der Waals surface area contributed by atoms with Gasteiger partial charge < -0.3 is 20.5 Å². The second-order valence-electron chi connectivity index (χ2n) is 4.70. The van der Waals surface area contributed by atoms with Crippen LogP contribution in [0.1, 0.15) is 24.4 Å². The number of esters is 1. The molecule has 108 valence electrons. The number of hydrogen-bond donors (Lipinski definition) is 2. The molecule has 0 radical (unpaired) electrons. The molecule has 1 aliphatic rings. The minimum Gasteiger partial charge on any atom is -0.508 e. The Morgan fingerprint density at radius 2 is 2.10 bits per heavy atom. The number of hydrogen-bond acceptors (Lipinski definition) is 5. The molecule has 6 heteroatoms. The molecule has 3 N–H and O–H groups in total. The number of methoxy groups -OCH3 is 1. The highest BCUT2D eigenvalue weighted by atomic mass is 16.5. The topological polar surface area (TPSA) is 92.9 Å². The van der Waals surface area contributed by atoms with E-state index in [0.29, 0.717) is 18.4 Å². The van der Waals surface area contributed by atoms with Gasteiger partial charge in [0.1, 0.15) is 11.8 Å². The number of nitrogens with two attached hydrogens (primary N) is 1. The fourth-order valence-corrected chi connectivity index (χ4v) is 2.71. The second kappa shape index (κ2) is 5.92. The van der Waals surface area contributed by atoms with E-state index in [2.05, 4.69) is 0 Å². The van der Waals surface area contributed by atoms with Gasteiger partial charge in [0.25, 0.3) is 0 Å². The number of carbonyl (C=O) groups is 2. The van der Waals surface area contributed by atoms with Crippen molar-refractivity contribution in [3.63, 3.8) is 0 Å². The molecule has 1 saturated heterocycles. The fraction of sp³-hybridized carbons (Fsp3) is 0.429. The van der Waals surface area contributed by atoms with Crippen molar-refractivity contribution in [2.45, 2.75) is 24.9 Å². The van der Waals surface area contributed by atoms with Gasteiger partial charge in [-0.1, -0.05) is 18.2 Å². The Morgan fingerprint density at radius 1 is 1.40 bits per heavy atom. The van der Waals surface area contributed by atoms with Gasteiger partial charge in [0.15, 0.2) is 0 Å². The van der Waals surface area contributed by atoms with Crippen LogP contribution in [0.2, 0.25) is 0 Å². The molecule has 1 amide bonds. The third kappa shape index (κ3) is 2.46. The zero-order chi connectivity index (χ0) is 14.7. The number of benzene rings is 1. The molecular formula is C14H18N2O4. The van der Waals surface area contributed by atoms with Crippen LogP contribution in [0.4, 0.5) is 0 Å². The number of likely N-dealkylation sites (tertiary alicyclic amines) is 1. The molecule has 1 heterocycles. The lowest BCUT2D eigenvalue weighted by Gasteiger charge is -2.29. The second-order valence-corrected chi connectivity index (χ2v) is 4.70. The lowest BCUT2D eigenvalue weighted by molar-refractivity contribution is -0.151. The summed E-state index contributed by atoms with van der Waals surface area (Å²) >= 11 is 0. The number of nitrogens with zero attached hydrogens (tertiary/aromatic N) is 1. The Labute approximate surface area is 117 Å². The van der Waals surface area contributed by atoms with Crippen LogP contribution >= 0.6 is 0 Å². The van der Waals surface area contributed by atoms with E-state index >= 15 is 0 Å². The Balaban J connectivity index is 2.36. The van der Waals surface area contributed by atoms with Crippen molar-refractivity contribution >= 4 is 11.9 Å². The molecule has 1 aliphatic heterocycles. The molecule has 1 fully saturated rings. The zero-order valence-corrected chi connectivity index (χ0v) is 11.3. The quantitative estimate of drug-likeness (QED) is 0.788. The summed E-state index contributed by atoms with van der Waals surface area (Å²) in [6, 6.07) is 5.81. The smallest absolute Gasteiger partial charge is 0.328 e. The predicted octanol–water partition coefficient (Wildman–Crippen LogP) is 0.556. The summed E-state index contributed by atoms with van der Waals surface area (Å²) in [6.45, 7) is -0.183. The van der Waals surface area contributed by atoms with Crippen LogP contribution in [0, 0.1) is 0 Å². The number of ether oxygens (including phenoxy) is 1. The van der Waals surface area contributed by atoms with Gasteiger partial charge in [-0.25, -0.2) is 4.79 Å². The number of phenolic OH excluding ortho intramolecular Hbond substituents is 1. The maximum atomic E-state index is 12.1. The lowest BCUT2D eigenvalue weighted by atomic mass is 10.0. The third-order valence-electron chi connectivity index (χ3n) is 3.62. The van der Waals surface area contributed by atoms with Crippen molar-refractivity contribution in [3.05, 3.63) is 29.8 Å². The first-order chi connectivity index (χ1) is 9.60. The standard InChI is InChI=1S/C14H18N2O4/c1-20-14(19)11-7-6-10(16(11)13(18)8-15)9-4-2-3-5-12(9)17/h2-5,10-11,17H,6-8,15H2,1H3. The molecule has 2 unspecified atom stereocenters. The SMILES string of the molecule is COC(=O)C1CCC(c2ccccc2O)N1C(=O)CN. The molecule has 0 spiro atoms. The number of carbonyl (C=O) groups excluding carboxylic acids is 2. The predicted molar refractivity (Wildman–Crippen MR) is 71.8 cm³/mol. The van der Waals surface area contributed by atoms with Gasteiger partial charge in [0.05, 0.1) is 19.7 Å². The summed E-state index contributed by atoms with van der Waals surface area (Å²) in [5.74, 6) is -0.672. The Hall–Kier alpha value is -2.08. The van der Waals surface area contributed by atoms with E-state index in [1.807, 2.05) is 0 Å². The van der Waals surface area contributed by atoms with Crippen LogP contribution in [-0.4, -0.2) is 41.6 Å². The van der Waals surface area contributed by atoms with Crippen molar-refractivity contribution in [2.75, 3.05) is 13.7 Å². The first-order valence-corrected chi connectivity index (χ1v) is 6.47. The minimum atomic E-state index is -0.638. The van der Waals surface area contributed by atoms with Crippen molar-refractivity contribution < 1.29 is 19.4 Å². The molecule has 2 rings (SSSR count). The first kappa shape index (κ1) is 14.3. The minimum absolute atomic E-state index is 0.109. The third-order valence-corrected chi connectivity index (χ3v) is 3.62. The van der Waals surface area contributed by atoms with Crippen LogP contribution in [0.15, 0.2) is 24.3 Å². The van der Waals surface area contributed by atoms with E-state index in [0.717, 1.165) is 0 Å². The molecule has 0 saturated carbocycles. The summed E-state index contributed by atoms with van der Waals surface area (Å²) in [7, 11) is 1.29. The average molecular weight is 278 g/mol. The molecule has 0 aromatic heterocycles. The zero-order valence-electron chi connectivity index (χ0n) is 11.3. The van der Waals surface area contributed by atoms with E-state index in [9.17, 15) is 14.7 Å². The Kier molecular flexibility index (Phi) is 4.24. The molecule has 6 nitrogen and oxygen atoms in total. The highest BCUT2D eigenvalue weighted by molar-refractivity contribution is 5.86. The van der Waals surface area contributed by atoms with E-state index in [1.165, 1.54) is 12.0 Å². The molecular weight excluding hydrogens is 260 g/mol. The Morgan fingerprint density at radius 3 is 2.70 bits per heavy atom. The van der Waals surface area contributed by atoms with Crippen molar-refractivity contribution in [1.29, 1.82) is 0 Å². The highest BCUT2D eigenvalue weighted by Crippen LogP contribution is 2.39. The van der Waals surface area contributed by atoms with Crippen LogP contribution in [-0.2, 0) is 14.3 Å².